The Morgan fingerprint density at radius 3 is 2.84 bits per heavy atom. The highest BCUT2D eigenvalue weighted by molar-refractivity contribution is 6.31. The molecule has 7 heteroatoms. The zero-order valence-electron chi connectivity index (χ0n) is 14.1. The van der Waals surface area contributed by atoms with E-state index in [1.807, 2.05) is 37.3 Å². The number of aromatic nitrogens is 1. The molecule has 6 nitrogen and oxygen atoms in total. The molecule has 0 aliphatic rings. The quantitative estimate of drug-likeness (QED) is 0.737. The number of carbonyl (C=O) groups excluding carboxylic acids is 1. The molecule has 0 saturated heterocycles. The van der Waals surface area contributed by atoms with Crippen molar-refractivity contribution in [2.75, 3.05) is 7.11 Å². The van der Waals surface area contributed by atoms with E-state index in [1.54, 1.807) is 6.07 Å². The van der Waals surface area contributed by atoms with Gasteiger partial charge in [0.05, 0.1) is 18.5 Å². The number of hydrogen-bond donors (Lipinski definition) is 2. The average molecular weight is 362 g/mol. The Morgan fingerprint density at radius 2 is 2.12 bits per heavy atom. The smallest absolute Gasteiger partial charge is 0.407 e. The lowest BCUT2D eigenvalue weighted by atomic mass is 10.1. The van der Waals surface area contributed by atoms with Crippen molar-refractivity contribution in [3.8, 4) is 0 Å². The summed E-state index contributed by atoms with van der Waals surface area (Å²) in [5.74, 6) is 0. The fourth-order valence-electron chi connectivity index (χ4n) is 2.07. The first-order chi connectivity index (χ1) is 12.0. The van der Waals surface area contributed by atoms with Crippen LogP contribution in [0.2, 0.25) is 5.02 Å². The highest BCUT2D eigenvalue weighted by atomic mass is 35.5. The van der Waals surface area contributed by atoms with Gasteiger partial charge in [-0.15, -0.1) is 0 Å². The van der Waals surface area contributed by atoms with Gasteiger partial charge < -0.3 is 10.1 Å². The van der Waals surface area contributed by atoms with Gasteiger partial charge in [0.2, 0.25) is 0 Å². The fourth-order valence-corrected chi connectivity index (χ4v) is 2.26. The van der Waals surface area contributed by atoms with Crippen LogP contribution in [0.4, 0.5) is 4.79 Å². The molecule has 1 amide bonds. The fraction of sp³-hybridized carbons (Fsp3) is 0.222. The van der Waals surface area contributed by atoms with E-state index >= 15 is 0 Å². The molecule has 0 atom stereocenters. The molecule has 1 aromatic carbocycles. The lowest BCUT2D eigenvalue weighted by molar-refractivity contribution is 0.0625. The number of nitrogens with zero attached hydrogens (tertiary/aromatic N) is 1. The molecule has 0 spiro atoms. The largest absolute Gasteiger partial charge is 0.453 e. The van der Waals surface area contributed by atoms with Crippen molar-refractivity contribution in [3.63, 3.8) is 0 Å². The third-order valence-electron chi connectivity index (χ3n) is 3.36. The Morgan fingerprint density at radius 1 is 1.32 bits per heavy atom. The monoisotopic (exact) mass is 361 g/mol. The van der Waals surface area contributed by atoms with E-state index in [0.717, 1.165) is 22.5 Å². The van der Waals surface area contributed by atoms with E-state index in [9.17, 15) is 4.79 Å². The van der Waals surface area contributed by atoms with E-state index < -0.39 is 6.09 Å². The molecule has 25 heavy (non-hydrogen) atoms. The number of aryl methyl sites for hydroxylation is 1. The molecule has 2 N–H and O–H groups in total. The first kappa shape index (κ1) is 18.8. The first-order valence-corrected chi connectivity index (χ1v) is 7.97. The van der Waals surface area contributed by atoms with Crippen molar-refractivity contribution in [1.82, 2.24) is 15.8 Å². The Bertz CT molecular complexity index is 765. The summed E-state index contributed by atoms with van der Waals surface area (Å²) in [6, 6.07) is 11.1. The number of benzene rings is 1. The molecule has 0 fully saturated rings. The molecule has 2 rings (SSSR count). The van der Waals surface area contributed by atoms with Crippen molar-refractivity contribution in [2.24, 2.45) is 0 Å². The molecule has 0 bridgehead atoms. The van der Waals surface area contributed by atoms with Gasteiger partial charge in [0.1, 0.15) is 6.61 Å². The Labute approximate surface area is 151 Å². The van der Waals surface area contributed by atoms with Gasteiger partial charge in [-0.25, -0.2) is 4.79 Å². The van der Waals surface area contributed by atoms with Crippen LogP contribution in [0.5, 0.6) is 0 Å². The predicted molar refractivity (Wildman–Crippen MR) is 96.6 cm³/mol. The summed E-state index contributed by atoms with van der Waals surface area (Å²) in [5.41, 5.74) is 6.66. The number of pyridine rings is 1. The normalized spacial score (nSPS) is 10.2. The van der Waals surface area contributed by atoms with Crippen LogP contribution in [0.25, 0.3) is 5.70 Å². The van der Waals surface area contributed by atoms with Gasteiger partial charge in [-0.05, 0) is 42.3 Å². The minimum atomic E-state index is -0.521. The van der Waals surface area contributed by atoms with Gasteiger partial charge in [0.25, 0.3) is 0 Å². The SMILES string of the molecule is C=C(NOCc1cccc(C)n1)c1ccc(Cl)c(CNC(=O)OC)c1. The number of nitrogens with one attached hydrogen (secondary N) is 2. The lowest BCUT2D eigenvalue weighted by Crippen LogP contribution is -2.22. The molecular weight excluding hydrogens is 342 g/mol. The Balaban J connectivity index is 1.93. The number of carbonyl (C=O) groups is 1. The average Bonchev–Trinajstić information content (AvgIpc) is 2.60. The molecular formula is C18H20ClN3O3. The van der Waals surface area contributed by atoms with Crippen molar-refractivity contribution in [1.29, 1.82) is 0 Å². The second-order valence-electron chi connectivity index (χ2n) is 5.29. The lowest BCUT2D eigenvalue weighted by Gasteiger charge is -2.12. The number of alkyl carbamates (subject to hydrolysis) is 1. The molecule has 0 unspecified atom stereocenters. The van der Waals surface area contributed by atoms with Crippen molar-refractivity contribution in [3.05, 3.63) is 70.5 Å². The minimum absolute atomic E-state index is 0.251. The maximum atomic E-state index is 11.2. The van der Waals surface area contributed by atoms with Crippen molar-refractivity contribution >= 4 is 23.4 Å². The summed E-state index contributed by atoms with van der Waals surface area (Å²) in [6.07, 6.45) is -0.521. The van der Waals surface area contributed by atoms with Crippen molar-refractivity contribution < 1.29 is 14.4 Å². The predicted octanol–water partition coefficient (Wildman–Crippen LogP) is 3.59. The van der Waals surface area contributed by atoms with Crippen LogP contribution in [-0.2, 0) is 22.7 Å². The number of amides is 1. The maximum Gasteiger partial charge on any atom is 0.407 e. The topological polar surface area (TPSA) is 72.5 Å². The van der Waals surface area contributed by atoms with Gasteiger partial charge in [-0.2, -0.15) is 0 Å². The summed E-state index contributed by atoms with van der Waals surface area (Å²) in [5, 5.41) is 3.13. The number of hydroxylamine groups is 1. The van der Waals surface area contributed by atoms with Crippen LogP contribution in [-0.4, -0.2) is 18.2 Å². The zero-order valence-corrected chi connectivity index (χ0v) is 14.9. The highest BCUT2D eigenvalue weighted by Gasteiger charge is 2.07. The molecule has 132 valence electrons. The van der Waals surface area contributed by atoms with Crippen LogP contribution in [0, 0.1) is 6.92 Å². The third-order valence-corrected chi connectivity index (χ3v) is 3.73. The molecule has 0 radical (unpaired) electrons. The third kappa shape index (κ3) is 5.77. The van der Waals surface area contributed by atoms with Gasteiger partial charge in [0.15, 0.2) is 0 Å². The van der Waals surface area contributed by atoms with Crippen LogP contribution in [0.3, 0.4) is 0 Å². The Kier molecular flexibility index (Phi) is 6.80. The summed E-state index contributed by atoms with van der Waals surface area (Å²) >= 11 is 6.15. The standard InChI is InChI=1S/C18H20ClN3O3/c1-12-5-4-6-16(21-12)11-25-22-13(2)14-7-8-17(19)15(9-14)10-20-18(23)24-3/h4-9,22H,2,10-11H2,1,3H3,(H,20,23). The van der Waals surface area contributed by atoms with Gasteiger partial charge in [0, 0.05) is 17.3 Å². The molecule has 0 aliphatic carbocycles. The zero-order chi connectivity index (χ0) is 18.2. The number of rotatable bonds is 7. The number of ether oxygens (including phenoxy) is 1. The van der Waals surface area contributed by atoms with E-state index in [0.29, 0.717) is 17.3 Å². The van der Waals surface area contributed by atoms with Crippen molar-refractivity contribution in [2.45, 2.75) is 20.1 Å². The van der Waals surface area contributed by atoms with Crippen LogP contribution >= 0.6 is 11.6 Å². The molecule has 1 heterocycles. The second kappa shape index (κ2) is 9.05. The number of halogens is 1. The van der Waals surface area contributed by atoms with E-state index in [-0.39, 0.29) is 6.54 Å². The van der Waals surface area contributed by atoms with E-state index in [4.69, 9.17) is 16.4 Å². The maximum absolute atomic E-state index is 11.2. The summed E-state index contributed by atoms with van der Waals surface area (Å²) in [7, 11) is 1.31. The first-order valence-electron chi connectivity index (χ1n) is 7.59. The molecule has 0 aliphatic heterocycles. The minimum Gasteiger partial charge on any atom is -0.453 e. The molecule has 1 aromatic heterocycles. The molecule has 0 saturated carbocycles. The number of methoxy groups -OCH3 is 1. The summed E-state index contributed by atoms with van der Waals surface area (Å²) in [6.45, 7) is 6.43. The van der Waals surface area contributed by atoms with E-state index in [1.165, 1.54) is 7.11 Å². The molecule has 2 aromatic rings. The highest BCUT2D eigenvalue weighted by Crippen LogP contribution is 2.20. The van der Waals surface area contributed by atoms with Crippen LogP contribution in [0.15, 0.2) is 43.0 Å². The van der Waals surface area contributed by atoms with Gasteiger partial charge in [-0.1, -0.05) is 30.3 Å². The second-order valence-corrected chi connectivity index (χ2v) is 5.70. The Hall–Kier alpha value is -2.57. The van der Waals surface area contributed by atoms with Crippen LogP contribution < -0.4 is 10.8 Å². The number of hydrogen-bond acceptors (Lipinski definition) is 5. The van der Waals surface area contributed by atoms with Gasteiger partial charge in [-0.3, -0.25) is 15.3 Å². The van der Waals surface area contributed by atoms with Gasteiger partial charge >= 0.3 is 6.09 Å². The van der Waals surface area contributed by atoms with Crippen LogP contribution in [0.1, 0.15) is 22.5 Å². The summed E-state index contributed by atoms with van der Waals surface area (Å²) in [4.78, 5) is 21.0. The summed E-state index contributed by atoms with van der Waals surface area (Å²) < 4.78 is 4.54. The van der Waals surface area contributed by atoms with E-state index in [2.05, 4.69) is 27.1 Å².